The number of anilines is 1. The van der Waals surface area contributed by atoms with E-state index < -0.39 is 5.54 Å². The first kappa shape index (κ1) is 13.4. The van der Waals surface area contributed by atoms with Gasteiger partial charge in [0.15, 0.2) is 0 Å². The van der Waals surface area contributed by atoms with Crippen molar-refractivity contribution < 1.29 is 9.18 Å². The van der Waals surface area contributed by atoms with Gasteiger partial charge in [0.05, 0.1) is 5.54 Å². The first-order chi connectivity index (χ1) is 7.95. The SMILES string of the molecule is C=CCCC(C)(N)C(=O)Nc1ccc(F)cc1. The minimum atomic E-state index is -0.956. The molecule has 0 bridgehead atoms. The number of allylic oxidation sites excluding steroid dienone is 1. The molecule has 17 heavy (non-hydrogen) atoms. The molecule has 0 aliphatic rings. The summed E-state index contributed by atoms with van der Waals surface area (Å²) in [7, 11) is 0. The third kappa shape index (κ3) is 4.00. The molecule has 1 aromatic carbocycles. The fourth-order valence-corrected chi connectivity index (χ4v) is 1.32. The number of halogens is 1. The van der Waals surface area contributed by atoms with Crippen LogP contribution in [0, 0.1) is 5.82 Å². The van der Waals surface area contributed by atoms with Crippen LogP contribution < -0.4 is 11.1 Å². The molecule has 3 nitrogen and oxygen atoms in total. The lowest BCUT2D eigenvalue weighted by atomic mass is 9.96. The van der Waals surface area contributed by atoms with Crippen LogP contribution in [-0.2, 0) is 4.79 Å². The Morgan fingerprint density at radius 1 is 1.53 bits per heavy atom. The Labute approximate surface area is 101 Å². The molecule has 92 valence electrons. The lowest BCUT2D eigenvalue weighted by Gasteiger charge is -2.22. The second kappa shape index (κ2) is 5.59. The van der Waals surface area contributed by atoms with Gasteiger partial charge in [-0.3, -0.25) is 4.79 Å². The van der Waals surface area contributed by atoms with E-state index in [4.69, 9.17) is 5.73 Å². The lowest BCUT2D eigenvalue weighted by Crippen LogP contribution is -2.48. The highest BCUT2D eigenvalue weighted by Gasteiger charge is 2.27. The highest BCUT2D eigenvalue weighted by molar-refractivity contribution is 5.97. The third-order valence-electron chi connectivity index (χ3n) is 2.49. The van der Waals surface area contributed by atoms with Gasteiger partial charge in [-0.1, -0.05) is 6.08 Å². The molecule has 1 unspecified atom stereocenters. The van der Waals surface area contributed by atoms with Gasteiger partial charge >= 0.3 is 0 Å². The van der Waals surface area contributed by atoms with Gasteiger partial charge in [0.1, 0.15) is 5.82 Å². The normalized spacial score (nSPS) is 13.8. The molecule has 1 atom stereocenters. The summed E-state index contributed by atoms with van der Waals surface area (Å²) in [6.07, 6.45) is 2.91. The summed E-state index contributed by atoms with van der Waals surface area (Å²) in [5.74, 6) is -0.629. The summed E-state index contributed by atoms with van der Waals surface area (Å²) in [6, 6.07) is 5.56. The van der Waals surface area contributed by atoms with Crippen molar-refractivity contribution in [3.8, 4) is 0 Å². The van der Waals surface area contributed by atoms with E-state index in [0.717, 1.165) is 0 Å². The van der Waals surface area contributed by atoms with Gasteiger partial charge in [0, 0.05) is 5.69 Å². The average Bonchev–Trinajstić information content (AvgIpc) is 2.29. The van der Waals surface area contributed by atoms with Gasteiger partial charge in [0.25, 0.3) is 0 Å². The summed E-state index contributed by atoms with van der Waals surface area (Å²) < 4.78 is 12.7. The molecule has 1 amide bonds. The quantitative estimate of drug-likeness (QED) is 0.771. The number of rotatable bonds is 5. The minimum Gasteiger partial charge on any atom is -0.324 e. The van der Waals surface area contributed by atoms with Crippen molar-refractivity contribution in [2.75, 3.05) is 5.32 Å². The van der Waals surface area contributed by atoms with Crippen LogP contribution in [0.2, 0.25) is 0 Å². The highest BCUT2D eigenvalue weighted by Crippen LogP contribution is 2.14. The second-order valence-corrected chi connectivity index (χ2v) is 4.21. The van der Waals surface area contributed by atoms with Crippen molar-refractivity contribution in [1.82, 2.24) is 0 Å². The van der Waals surface area contributed by atoms with Gasteiger partial charge in [-0.15, -0.1) is 6.58 Å². The summed E-state index contributed by atoms with van der Waals surface area (Å²) in [5, 5.41) is 2.65. The molecule has 1 aromatic rings. The van der Waals surface area contributed by atoms with Gasteiger partial charge in [-0.05, 0) is 44.0 Å². The average molecular weight is 236 g/mol. The Hall–Kier alpha value is -1.68. The second-order valence-electron chi connectivity index (χ2n) is 4.21. The minimum absolute atomic E-state index is 0.286. The number of hydrogen-bond acceptors (Lipinski definition) is 2. The summed E-state index contributed by atoms with van der Waals surface area (Å²) >= 11 is 0. The van der Waals surface area contributed by atoms with Crippen molar-refractivity contribution in [2.45, 2.75) is 25.3 Å². The Bertz CT molecular complexity index is 398. The molecule has 4 heteroatoms. The maximum absolute atomic E-state index is 12.7. The zero-order valence-electron chi connectivity index (χ0n) is 9.87. The van der Waals surface area contributed by atoms with Crippen LogP contribution in [0.4, 0.5) is 10.1 Å². The molecule has 0 aromatic heterocycles. The molecule has 0 saturated carbocycles. The Balaban J connectivity index is 2.64. The standard InChI is InChI=1S/C13H17FN2O/c1-3-4-9-13(2,15)12(17)16-11-7-5-10(14)6-8-11/h3,5-8H,1,4,9,15H2,2H3,(H,16,17). The van der Waals surface area contributed by atoms with Gasteiger partial charge < -0.3 is 11.1 Å². The molecule has 0 radical (unpaired) electrons. The van der Waals surface area contributed by atoms with Crippen LogP contribution in [0.5, 0.6) is 0 Å². The van der Waals surface area contributed by atoms with Crippen molar-refractivity contribution in [1.29, 1.82) is 0 Å². The van der Waals surface area contributed by atoms with Crippen molar-refractivity contribution in [3.05, 3.63) is 42.7 Å². The first-order valence-corrected chi connectivity index (χ1v) is 5.42. The van der Waals surface area contributed by atoms with Crippen LogP contribution in [0.15, 0.2) is 36.9 Å². The van der Waals surface area contributed by atoms with E-state index in [0.29, 0.717) is 18.5 Å². The van der Waals surface area contributed by atoms with E-state index in [2.05, 4.69) is 11.9 Å². The number of amides is 1. The van der Waals surface area contributed by atoms with E-state index in [1.165, 1.54) is 24.3 Å². The molecule has 3 N–H and O–H groups in total. The summed E-state index contributed by atoms with van der Waals surface area (Å²) in [4.78, 5) is 11.9. The first-order valence-electron chi connectivity index (χ1n) is 5.42. The van der Waals surface area contributed by atoms with Crippen LogP contribution >= 0.6 is 0 Å². The van der Waals surface area contributed by atoms with E-state index in [1.807, 2.05) is 0 Å². The zero-order chi connectivity index (χ0) is 12.9. The monoisotopic (exact) mass is 236 g/mol. The number of benzene rings is 1. The molecular formula is C13H17FN2O. The van der Waals surface area contributed by atoms with Crippen LogP contribution in [0.3, 0.4) is 0 Å². The Morgan fingerprint density at radius 2 is 2.12 bits per heavy atom. The molecule has 0 heterocycles. The molecule has 0 aliphatic carbocycles. The molecule has 0 aliphatic heterocycles. The largest absolute Gasteiger partial charge is 0.324 e. The van der Waals surface area contributed by atoms with E-state index >= 15 is 0 Å². The number of nitrogens with two attached hydrogens (primary N) is 1. The smallest absolute Gasteiger partial charge is 0.244 e. The van der Waals surface area contributed by atoms with Crippen molar-refractivity contribution in [3.63, 3.8) is 0 Å². The predicted molar refractivity (Wildman–Crippen MR) is 67.1 cm³/mol. The van der Waals surface area contributed by atoms with Crippen LogP contribution in [0.25, 0.3) is 0 Å². The number of nitrogens with one attached hydrogen (secondary N) is 1. The van der Waals surface area contributed by atoms with E-state index in [9.17, 15) is 9.18 Å². The van der Waals surface area contributed by atoms with Gasteiger partial charge in [-0.25, -0.2) is 4.39 Å². The fraction of sp³-hybridized carbons (Fsp3) is 0.308. The topological polar surface area (TPSA) is 55.1 Å². The summed E-state index contributed by atoms with van der Waals surface area (Å²) in [5.41, 5.74) is 5.47. The number of carbonyl (C=O) groups excluding carboxylic acids is 1. The molecule has 0 fully saturated rings. The number of carbonyl (C=O) groups is 1. The molecule has 1 rings (SSSR count). The highest BCUT2D eigenvalue weighted by atomic mass is 19.1. The molecule has 0 saturated heterocycles. The predicted octanol–water partition coefficient (Wildman–Crippen LogP) is 2.45. The maximum Gasteiger partial charge on any atom is 0.244 e. The zero-order valence-corrected chi connectivity index (χ0v) is 9.87. The summed E-state index contributed by atoms with van der Waals surface area (Å²) in [6.45, 7) is 5.25. The maximum atomic E-state index is 12.7. The Kier molecular flexibility index (Phi) is 4.40. The van der Waals surface area contributed by atoms with E-state index in [1.54, 1.807) is 13.0 Å². The molecular weight excluding hydrogens is 219 g/mol. The lowest BCUT2D eigenvalue weighted by molar-refractivity contribution is -0.120. The van der Waals surface area contributed by atoms with Crippen LogP contribution in [-0.4, -0.2) is 11.4 Å². The number of hydrogen-bond donors (Lipinski definition) is 2. The van der Waals surface area contributed by atoms with Crippen LogP contribution in [0.1, 0.15) is 19.8 Å². The van der Waals surface area contributed by atoms with Gasteiger partial charge in [-0.2, -0.15) is 0 Å². The van der Waals surface area contributed by atoms with Gasteiger partial charge in [0.2, 0.25) is 5.91 Å². The fourth-order valence-electron chi connectivity index (χ4n) is 1.32. The molecule has 0 spiro atoms. The van der Waals surface area contributed by atoms with Crippen molar-refractivity contribution >= 4 is 11.6 Å². The Morgan fingerprint density at radius 3 is 2.65 bits per heavy atom. The van der Waals surface area contributed by atoms with Crippen molar-refractivity contribution in [2.24, 2.45) is 5.73 Å². The van der Waals surface area contributed by atoms with E-state index in [-0.39, 0.29) is 11.7 Å². The third-order valence-corrected chi connectivity index (χ3v) is 2.49.